The molecule has 1 saturated carbocycles. The van der Waals surface area contributed by atoms with Gasteiger partial charge in [0.1, 0.15) is 0 Å². The van der Waals surface area contributed by atoms with Crippen LogP contribution in [-0.4, -0.2) is 26.6 Å². The van der Waals surface area contributed by atoms with Crippen LogP contribution in [0.2, 0.25) is 18.1 Å². The minimum Gasteiger partial charge on any atom is -0.417 e. The van der Waals surface area contributed by atoms with Crippen LogP contribution in [0.1, 0.15) is 33.6 Å². The number of aliphatic hydroxyl groups is 1. The average molecular weight is 282 g/mol. The molecular formula is C16H30O2Si. The van der Waals surface area contributed by atoms with E-state index in [0.717, 1.165) is 6.61 Å². The van der Waals surface area contributed by atoms with E-state index >= 15 is 0 Å². The Morgan fingerprint density at radius 3 is 2.37 bits per heavy atom. The lowest BCUT2D eigenvalue weighted by molar-refractivity contribution is 0.124. The van der Waals surface area contributed by atoms with Crippen LogP contribution in [0.25, 0.3) is 0 Å². The highest BCUT2D eigenvalue weighted by Gasteiger charge is 2.39. The van der Waals surface area contributed by atoms with Crippen LogP contribution in [0.4, 0.5) is 0 Å². The molecule has 0 spiro atoms. The Kier molecular flexibility index (Phi) is 6.02. The van der Waals surface area contributed by atoms with Gasteiger partial charge in [-0.3, -0.25) is 0 Å². The molecule has 0 unspecified atom stereocenters. The van der Waals surface area contributed by atoms with Crippen molar-refractivity contribution in [1.82, 2.24) is 0 Å². The summed E-state index contributed by atoms with van der Waals surface area (Å²) in [5, 5.41) is 8.97. The molecule has 0 aromatic carbocycles. The molecule has 110 valence electrons. The lowest BCUT2D eigenvalue weighted by Gasteiger charge is -2.41. The monoisotopic (exact) mass is 282 g/mol. The minimum atomic E-state index is -1.59. The fraction of sp³-hybridized carbons (Fsp3) is 0.750. The number of hydrogen-bond donors (Lipinski definition) is 1. The van der Waals surface area contributed by atoms with Gasteiger partial charge in [0.05, 0.1) is 6.61 Å². The first-order chi connectivity index (χ1) is 8.78. The molecule has 1 rings (SSSR count). The fourth-order valence-electron chi connectivity index (χ4n) is 1.93. The maximum absolute atomic E-state index is 8.67. The smallest absolute Gasteiger partial charge is 0.191 e. The molecular weight excluding hydrogens is 252 g/mol. The maximum atomic E-state index is 8.67. The molecule has 0 saturated heterocycles. The highest BCUT2D eigenvalue weighted by atomic mass is 28.4. The second-order valence-electron chi connectivity index (χ2n) is 7.07. The summed E-state index contributed by atoms with van der Waals surface area (Å²) >= 11 is 0. The Labute approximate surface area is 119 Å². The predicted octanol–water partition coefficient (Wildman–Crippen LogP) is 4.14. The van der Waals surface area contributed by atoms with Crippen LogP contribution in [0.15, 0.2) is 24.3 Å². The van der Waals surface area contributed by atoms with Gasteiger partial charge in [-0.25, -0.2) is 0 Å². The van der Waals surface area contributed by atoms with Crippen molar-refractivity contribution >= 4 is 8.32 Å². The Hall–Kier alpha value is -0.383. The zero-order valence-corrected chi connectivity index (χ0v) is 14.1. The van der Waals surface area contributed by atoms with Crippen LogP contribution in [-0.2, 0) is 4.43 Å². The summed E-state index contributed by atoms with van der Waals surface area (Å²) in [6.45, 7) is 12.5. The predicted molar refractivity (Wildman–Crippen MR) is 84.7 cm³/mol. The Balaban J connectivity index is 2.38. The quantitative estimate of drug-likeness (QED) is 0.586. The van der Waals surface area contributed by atoms with E-state index in [9.17, 15) is 0 Å². The maximum Gasteiger partial charge on any atom is 0.191 e. The number of rotatable bonds is 6. The van der Waals surface area contributed by atoms with Gasteiger partial charge in [0.2, 0.25) is 0 Å². The number of aliphatic hydroxyl groups excluding tert-OH is 1. The van der Waals surface area contributed by atoms with Crippen molar-refractivity contribution in [2.45, 2.75) is 51.7 Å². The highest BCUT2D eigenvalue weighted by Crippen LogP contribution is 2.40. The van der Waals surface area contributed by atoms with Crippen molar-refractivity contribution in [3.8, 4) is 0 Å². The zero-order valence-electron chi connectivity index (χ0n) is 13.1. The van der Waals surface area contributed by atoms with Gasteiger partial charge in [-0.05, 0) is 42.8 Å². The van der Waals surface area contributed by atoms with Gasteiger partial charge in [0, 0.05) is 6.61 Å². The summed E-state index contributed by atoms with van der Waals surface area (Å²) in [5.74, 6) is 1.35. The fourth-order valence-corrected chi connectivity index (χ4v) is 3.00. The molecule has 0 aromatic heterocycles. The molecule has 0 bridgehead atoms. The molecule has 1 aliphatic rings. The molecule has 3 heteroatoms. The standard InChI is InChI=1S/C16H30O2Si/c1-16(2,3)19(4,5)18-13-15-11-10-14(15)9-7-6-8-12-17/h6-9,14-15,17H,10-13H2,1-5H3/t14-,15+/m1/s1. The normalized spacial score (nSPS) is 25.2. The molecule has 1 fully saturated rings. The highest BCUT2D eigenvalue weighted by molar-refractivity contribution is 6.74. The third-order valence-corrected chi connectivity index (χ3v) is 9.15. The van der Waals surface area contributed by atoms with Crippen LogP contribution < -0.4 is 0 Å². The summed E-state index contributed by atoms with van der Waals surface area (Å²) in [6, 6.07) is 0. The van der Waals surface area contributed by atoms with Gasteiger partial charge in [-0.1, -0.05) is 45.1 Å². The van der Waals surface area contributed by atoms with Gasteiger partial charge in [-0.15, -0.1) is 0 Å². The number of hydrogen-bond acceptors (Lipinski definition) is 2. The SMILES string of the molecule is CC(C)(C)[Si](C)(C)OC[C@@H]1CC[C@H]1C=CC=CCO. The third-order valence-electron chi connectivity index (χ3n) is 4.65. The van der Waals surface area contributed by atoms with Crippen molar-refractivity contribution in [1.29, 1.82) is 0 Å². The van der Waals surface area contributed by atoms with Gasteiger partial charge in [0.15, 0.2) is 8.32 Å². The lowest BCUT2D eigenvalue weighted by Crippen LogP contribution is -2.43. The summed E-state index contributed by atoms with van der Waals surface area (Å²) in [7, 11) is -1.59. The van der Waals surface area contributed by atoms with E-state index in [1.165, 1.54) is 12.8 Å². The van der Waals surface area contributed by atoms with Crippen molar-refractivity contribution in [3.05, 3.63) is 24.3 Å². The first kappa shape index (κ1) is 16.7. The van der Waals surface area contributed by atoms with Crippen molar-refractivity contribution in [3.63, 3.8) is 0 Å². The zero-order chi connectivity index (χ0) is 14.5. The second kappa shape index (κ2) is 6.87. The van der Waals surface area contributed by atoms with E-state index in [-0.39, 0.29) is 6.61 Å². The molecule has 0 aliphatic heterocycles. The number of allylic oxidation sites excluding steroid dienone is 3. The molecule has 19 heavy (non-hydrogen) atoms. The van der Waals surface area contributed by atoms with E-state index in [1.807, 2.05) is 6.08 Å². The van der Waals surface area contributed by atoms with E-state index in [1.54, 1.807) is 6.08 Å². The van der Waals surface area contributed by atoms with Crippen LogP contribution in [0, 0.1) is 11.8 Å². The van der Waals surface area contributed by atoms with E-state index in [4.69, 9.17) is 9.53 Å². The van der Waals surface area contributed by atoms with Crippen molar-refractivity contribution in [2.75, 3.05) is 13.2 Å². The molecule has 0 radical (unpaired) electrons. The average Bonchev–Trinajstić information content (AvgIpc) is 2.25. The lowest BCUT2D eigenvalue weighted by atomic mass is 9.74. The summed E-state index contributed by atoms with van der Waals surface area (Å²) in [6.07, 6.45) is 10.6. The van der Waals surface area contributed by atoms with Crippen LogP contribution in [0.3, 0.4) is 0 Å². The van der Waals surface area contributed by atoms with Gasteiger partial charge < -0.3 is 9.53 Å². The minimum absolute atomic E-state index is 0.118. The van der Waals surface area contributed by atoms with E-state index in [0.29, 0.717) is 16.9 Å². The summed E-state index contributed by atoms with van der Waals surface area (Å²) in [4.78, 5) is 0. The second-order valence-corrected chi connectivity index (χ2v) is 11.9. The van der Waals surface area contributed by atoms with Crippen molar-refractivity contribution in [2.24, 2.45) is 11.8 Å². The Morgan fingerprint density at radius 1 is 1.21 bits per heavy atom. The van der Waals surface area contributed by atoms with Gasteiger partial charge >= 0.3 is 0 Å². The van der Waals surface area contributed by atoms with Crippen LogP contribution in [0.5, 0.6) is 0 Å². The largest absolute Gasteiger partial charge is 0.417 e. The van der Waals surface area contributed by atoms with Crippen LogP contribution >= 0.6 is 0 Å². The third kappa shape index (κ3) is 4.90. The molecule has 1 aliphatic carbocycles. The van der Waals surface area contributed by atoms with Gasteiger partial charge in [0.25, 0.3) is 0 Å². The van der Waals surface area contributed by atoms with Gasteiger partial charge in [-0.2, -0.15) is 0 Å². The van der Waals surface area contributed by atoms with E-state index < -0.39 is 8.32 Å². The summed E-state index contributed by atoms with van der Waals surface area (Å²) < 4.78 is 6.30. The molecule has 0 heterocycles. The van der Waals surface area contributed by atoms with E-state index in [2.05, 4.69) is 46.0 Å². The molecule has 0 amide bonds. The molecule has 2 atom stereocenters. The topological polar surface area (TPSA) is 29.5 Å². The first-order valence-electron chi connectivity index (χ1n) is 7.36. The summed E-state index contributed by atoms with van der Waals surface area (Å²) in [5.41, 5.74) is 0. The van der Waals surface area contributed by atoms with Crippen molar-refractivity contribution < 1.29 is 9.53 Å². The Bertz CT molecular complexity index is 326. The molecule has 1 N–H and O–H groups in total. The Morgan fingerprint density at radius 2 is 1.89 bits per heavy atom. The first-order valence-corrected chi connectivity index (χ1v) is 10.3. The molecule has 0 aromatic rings. The molecule has 2 nitrogen and oxygen atoms in total.